The predicted octanol–water partition coefficient (Wildman–Crippen LogP) is 2.05. The molecule has 2 heterocycles. The summed E-state index contributed by atoms with van der Waals surface area (Å²) in [6.45, 7) is 5.36. The molecule has 166 valence electrons. The molecule has 0 spiro atoms. The van der Waals surface area contributed by atoms with Crippen molar-refractivity contribution < 1.29 is 9.53 Å². The number of benzene rings is 1. The van der Waals surface area contributed by atoms with Crippen LogP contribution in [0.5, 0.6) is 5.75 Å². The van der Waals surface area contributed by atoms with Crippen molar-refractivity contribution in [2.45, 2.75) is 32.9 Å². The van der Waals surface area contributed by atoms with Crippen molar-refractivity contribution in [1.29, 1.82) is 0 Å². The van der Waals surface area contributed by atoms with Crippen LogP contribution in [0.25, 0.3) is 0 Å². The van der Waals surface area contributed by atoms with Gasteiger partial charge in [-0.05, 0) is 31.9 Å². The number of aromatic nitrogens is 1. The van der Waals surface area contributed by atoms with Gasteiger partial charge >= 0.3 is 0 Å². The van der Waals surface area contributed by atoms with Crippen LogP contribution in [0.1, 0.15) is 30.9 Å². The second kappa shape index (κ2) is 11.2. The summed E-state index contributed by atoms with van der Waals surface area (Å²) in [6.07, 6.45) is 3.33. The standard InChI is InChI=1S/C23H32N6O2/c1-3-31-20-9-5-4-7-18(20)15-27-23(25-2)28-16-19-8-6-12-26-22(19)29-13-10-17(11-14-29)21(24)30/h4-9,12,17H,3,10-11,13-16H2,1-2H3,(H2,24,30)(H2,25,27,28). The number of rotatable bonds is 8. The number of amides is 1. The first-order chi connectivity index (χ1) is 15.1. The van der Waals surface area contributed by atoms with Gasteiger partial charge in [0.2, 0.25) is 5.91 Å². The fraction of sp³-hybridized carbons (Fsp3) is 0.435. The van der Waals surface area contributed by atoms with E-state index in [1.165, 1.54) is 0 Å². The molecule has 8 heteroatoms. The number of piperidine rings is 1. The maximum atomic E-state index is 11.4. The third-order valence-electron chi connectivity index (χ3n) is 5.45. The topological polar surface area (TPSA) is 105 Å². The number of aliphatic imine (C=N–C) groups is 1. The Balaban J connectivity index is 1.59. The van der Waals surface area contributed by atoms with Crippen LogP contribution >= 0.6 is 0 Å². The predicted molar refractivity (Wildman–Crippen MR) is 123 cm³/mol. The lowest BCUT2D eigenvalue weighted by atomic mass is 9.96. The molecular formula is C23H32N6O2. The van der Waals surface area contributed by atoms with Crippen molar-refractivity contribution in [2.75, 3.05) is 31.6 Å². The van der Waals surface area contributed by atoms with E-state index >= 15 is 0 Å². The lowest BCUT2D eigenvalue weighted by Gasteiger charge is -2.32. The molecule has 0 aliphatic carbocycles. The van der Waals surface area contributed by atoms with Crippen LogP contribution in [-0.2, 0) is 17.9 Å². The zero-order valence-corrected chi connectivity index (χ0v) is 18.3. The summed E-state index contributed by atoms with van der Waals surface area (Å²) >= 11 is 0. The highest BCUT2D eigenvalue weighted by Crippen LogP contribution is 2.24. The average Bonchev–Trinajstić information content (AvgIpc) is 2.80. The molecule has 0 saturated carbocycles. The van der Waals surface area contributed by atoms with Crippen molar-refractivity contribution >= 4 is 17.7 Å². The molecular weight excluding hydrogens is 392 g/mol. The van der Waals surface area contributed by atoms with Crippen molar-refractivity contribution in [3.63, 3.8) is 0 Å². The number of nitrogens with zero attached hydrogens (tertiary/aromatic N) is 3. The summed E-state index contributed by atoms with van der Waals surface area (Å²) in [6, 6.07) is 12.0. The van der Waals surface area contributed by atoms with E-state index in [1.54, 1.807) is 13.2 Å². The molecule has 31 heavy (non-hydrogen) atoms. The van der Waals surface area contributed by atoms with Gasteiger partial charge in [0.15, 0.2) is 5.96 Å². The smallest absolute Gasteiger partial charge is 0.220 e. The quantitative estimate of drug-likeness (QED) is 0.443. The third-order valence-corrected chi connectivity index (χ3v) is 5.45. The van der Waals surface area contributed by atoms with Crippen molar-refractivity contribution in [2.24, 2.45) is 16.6 Å². The van der Waals surface area contributed by atoms with E-state index in [2.05, 4.69) is 31.6 Å². The molecule has 0 bridgehead atoms. The van der Waals surface area contributed by atoms with Crippen LogP contribution in [0.4, 0.5) is 5.82 Å². The highest BCUT2D eigenvalue weighted by Gasteiger charge is 2.24. The van der Waals surface area contributed by atoms with Crippen LogP contribution in [0.15, 0.2) is 47.6 Å². The number of primary amides is 1. The van der Waals surface area contributed by atoms with Gasteiger partial charge in [0.25, 0.3) is 0 Å². The fourth-order valence-electron chi connectivity index (χ4n) is 3.75. The zero-order chi connectivity index (χ0) is 22.1. The second-order valence-electron chi connectivity index (χ2n) is 7.47. The number of guanidine groups is 1. The third kappa shape index (κ3) is 6.10. The first kappa shape index (κ1) is 22.4. The van der Waals surface area contributed by atoms with Gasteiger partial charge in [0, 0.05) is 56.5 Å². The van der Waals surface area contributed by atoms with Gasteiger partial charge < -0.3 is 26.0 Å². The maximum absolute atomic E-state index is 11.4. The molecule has 1 aromatic carbocycles. The number of nitrogens with two attached hydrogens (primary N) is 1. The van der Waals surface area contributed by atoms with Crippen LogP contribution in [0.3, 0.4) is 0 Å². The second-order valence-corrected chi connectivity index (χ2v) is 7.47. The van der Waals surface area contributed by atoms with E-state index in [1.807, 2.05) is 37.3 Å². The van der Waals surface area contributed by atoms with Gasteiger partial charge in [0.05, 0.1) is 6.61 Å². The molecule has 0 radical (unpaired) electrons. The Kier molecular flexibility index (Phi) is 8.09. The van der Waals surface area contributed by atoms with Gasteiger partial charge in [-0.3, -0.25) is 9.79 Å². The minimum atomic E-state index is -0.205. The Bertz CT molecular complexity index is 893. The lowest BCUT2D eigenvalue weighted by Crippen LogP contribution is -2.40. The van der Waals surface area contributed by atoms with E-state index < -0.39 is 0 Å². The van der Waals surface area contributed by atoms with Gasteiger partial charge in [-0.15, -0.1) is 0 Å². The minimum absolute atomic E-state index is 0.0378. The Morgan fingerprint density at radius 3 is 2.52 bits per heavy atom. The minimum Gasteiger partial charge on any atom is -0.494 e. The largest absolute Gasteiger partial charge is 0.494 e. The molecule has 1 aliphatic rings. The Hall–Kier alpha value is -3.29. The summed E-state index contributed by atoms with van der Waals surface area (Å²) < 4.78 is 5.69. The molecule has 1 saturated heterocycles. The molecule has 2 aromatic rings. The molecule has 1 amide bonds. The molecule has 1 fully saturated rings. The van der Waals surface area contributed by atoms with E-state index in [4.69, 9.17) is 10.5 Å². The van der Waals surface area contributed by atoms with E-state index in [9.17, 15) is 4.79 Å². The lowest BCUT2D eigenvalue weighted by molar-refractivity contribution is -0.122. The van der Waals surface area contributed by atoms with Crippen LogP contribution in [-0.4, -0.2) is 43.6 Å². The molecule has 0 unspecified atom stereocenters. The molecule has 8 nitrogen and oxygen atoms in total. The number of hydrogen-bond acceptors (Lipinski definition) is 5. The summed E-state index contributed by atoms with van der Waals surface area (Å²) in [5.41, 5.74) is 7.62. The summed E-state index contributed by atoms with van der Waals surface area (Å²) in [5, 5.41) is 6.72. The summed E-state index contributed by atoms with van der Waals surface area (Å²) in [5.74, 6) is 2.28. The highest BCUT2D eigenvalue weighted by molar-refractivity contribution is 5.80. The van der Waals surface area contributed by atoms with E-state index in [0.29, 0.717) is 25.7 Å². The van der Waals surface area contributed by atoms with Crippen molar-refractivity contribution in [1.82, 2.24) is 15.6 Å². The van der Waals surface area contributed by atoms with Crippen LogP contribution in [0.2, 0.25) is 0 Å². The number of pyridine rings is 1. The number of para-hydroxylation sites is 1. The Morgan fingerprint density at radius 2 is 1.84 bits per heavy atom. The maximum Gasteiger partial charge on any atom is 0.220 e. The number of ether oxygens (including phenoxy) is 1. The Labute approximate surface area is 183 Å². The summed E-state index contributed by atoms with van der Waals surface area (Å²) in [4.78, 5) is 22.6. The van der Waals surface area contributed by atoms with Crippen molar-refractivity contribution in [3.8, 4) is 5.75 Å². The van der Waals surface area contributed by atoms with E-state index in [-0.39, 0.29) is 11.8 Å². The monoisotopic (exact) mass is 424 g/mol. The number of hydrogen-bond donors (Lipinski definition) is 3. The fourth-order valence-corrected chi connectivity index (χ4v) is 3.75. The molecule has 0 atom stereocenters. The molecule has 1 aromatic heterocycles. The summed E-state index contributed by atoms with van der Waals surface area (Å²) in [7, 11) is 1.75. The van der Waals surface area contributed by atoms with E-state index in [0.717, 1.165) is 48.6 Å². The van der Waals surface area contributed by atoms with Crippen molar-refractivity contribution in [3.05, 3.63) is 53.7 Å². The molecule has 4 N–H and O–H groups in total. The number of anilines is 1. The SMILES string of the molecule is CCOc1ccccc1CNC(=NC)NCc1cccnc1N1CCC(C(N)=O)CC1. The van der Waals surface area contributed by atoms with Gasteiger partial charge in [0.1, 0.15) is 11.6 Å². The van der Waals surface area contributed by atoms with Crippen LogP contribution < -0.4 is 26.0 Å². The Morgan fingerprint density at radius 1 is 1.16 bits per heavy atom. The first-order valence-electron chi connectivity index (χ1n) is 10.8. The first-order valence-corrected chi connectivity index (χ1v) is 10.8. The molecule has 1 aliphatic heterocycles. The number of carbonyl (C=O) groups excluding carboxylic acids is 1. The normalized spacial score (nSPS) is 14.9. The van der Waals surface area contributed by atoms with Gasteiger partial charge in [-0.2, -0.15) is 0 Å². The van der Waals surface area contributed by atoms with Gasteiger partial charge in [-0.25, -0.2) is 4.98 Å². The number of carbonyl (C=O) groups is 1. The highest BCUT2D eigenvalue weighted by atomic mass is 16.5. The zero-order valence-electron chi connectivity index (χ0n) is 18.3. The van der Waals surface area contributed by atoms with Crippen LogP contribution in [0, 0.1) is 5.92 Å². The number of nitrogens with one attached hydrogen (secondary N) is 2. The molecule has 3 rings (SSSR count). The van der Waals surface area contributed by atoms with Gasteiger partial charge in [-0.1, -0.05) is 24.3 Å². The average molecular weight is 425 g/mol.